The van der Waals surface area contributed by atoms with Crippen LogP contribution in [0.3, 0.4) is 0 Å². The van der Waals surface area contributed by atoms with Crippen LogP contribution < -0.4 is 10.9 Å². The number of halogens is 1. The van der Waals surface area contributed by atoms with Gasteiger partial charge in [-0.3, -0.25) is 14.2 Å². The largest absolute Gasteiger partial charge is 0.353 e. The Morgan fingerprint density at radius 1 is 1.26 bits per heavy atom. The molecule has 146 valence electrons. The first-order valence-corrected chi connectivity index (χ1v) is 11.5. The van der Waals surface area contributed by atoms with Gasteiger partial charge in [-0.05, 0) is 38.0 Å². The second-order valence-corrected chi connectivity index (χ2v) is 8.86. The molecule has 2 aromatic rings. The van der Waals surface area contributed by atoms with Crippen LogP contribution in [0, 0.1) is 0 Å². The lowest BCUT2D eigenvalue weighted by Gasteiger charge is -2.21. The summed E-state index contributed by atoms with van der Waals surface area (Å²) in [6.45, 7) is 2.45. The maximum absolute atomic E-state index is 12.8. The fraction of sp³-hybridized carbons (Fsp3) is 0.550. The van der Waals surface area contributed by atoms with Crippen molar-refractivity contribution in [2.75, 3.05) is 5.75 Å². The molecule has 1 amide bonds. The summed E-state index contributed by atoms with van der Waals surface area (Å²) in [4.78, 5) is 29.8. The van der Waals surface area contributed by atoms with Crippen LogP contribution in [0.25, 0.3) is 10.9 Å². The fourth-order valence-electron chi connectivity index (χ4n) is 3.56. The van der Waals surface area contributed by atoms with E-state index in [-0.39, 0.29) is 23.3 Å². The third-order valence-corrected chi connectivity index (χ3v) is 6.47. The Morgan fingerprint density at radius 3 is 2.67 bits per heavy atom. The highest BCUT2D eigenvalue weighted by Gasteiger charge is 2.16. The van der Waals surface area contributed by atoms with E-state index in [1.807, 2.05) is 19.1 Å². The third kappa shape index (κ3) is 5.35. The van der Waals surface area contributed by atoms with Gasteiger partial charge < -0.3 is 5.32 Å². The molecule has 0 unspecified atom stereocenters. The first-order chi connectivity index (χ1) is 13.1. The smallest absolute Gasteiger partial charge is 0.262 e. The van der Waals surface area contributed by atoms with Crippen LogP contribution in [0.5, 0.6) is 0 Å². The maximum Gasteiger partial charge on any atom is 0.262 e. The molecule has 1 fully saturated rings. The summed E-state index contributed by atoms with van der Waals surface area (Å²) < 4.78 is 2.50. The summed E-state index contributed by atoms with van der Waals surface area (Å²) in [5, 5.41) is 4.37. The molecule has 0 spiro atoms. The molecule has 0 bridgehead atoms. The second-order valence-electron chi connectivity index (χ2n) is 7.00. The maximum atomic E-state index is 12.8. The predicted molar refractivity (Wildman–Crippen MR) is 114 cm³/mol. The Bertz CT molecular complexity index is 860. The fourth-order valence-corrected chi connectivity index (χ4v) is 4.80. The number of fused-ring (bicyclic) bond motifs is 1. The zero-order valence-corrected chi connectivity index (χ0v) is 18.1. The van der Waals surface area contributed by atoms with E-state index in [1.54, 1.807) is 10.6 Å². The van der Waals surface area contributed by atoms with E-state index in [4.69, 9.17) is 0 Å². The molecule has 1 heterocycles. The Balaban J connectivity index is 1.69. The van der Waals surface area contributed by atoms with E-state index >= 15 is 0 Å². The van der Waals surface area contributed by atoms with Crippen molar-refractivity contribution in [1.29, 1.82) is 0 Å². The number of hydrogen-bond acceptors (Lipinski definition) is 4. The van der Waals surface area contributed by atoms with Gasteiger partial charge in [0.1, 0.15) is 0 Å². The number of amides is 1. The van der Waals surface area contributed by atoms with Gasteiger partial charge in [-0.25, -0.2) is 4.98 Å². The average Bonchev–Trinajstić information content (AvgIpc) is 2.63. The summed E-state index contributed by atoms with van der Waals surface area (Å²) in [6, 6.07) is 5.79. The van der Waals surface area contributed by atoms with E-state index in [9.17, 15) is 9.59 Å². The minimum Gasteiger partial charge on any atom is -0.353 e. The molecule has 7 heteroatoms. The molecule has 0 saturated heterocycles. The zero-order valence-electron chi connectivity index (χ0n) is 15.7. The minimum atomic E-state index is -0.0632. The number of hydrogen-bond donors (Lipinski definition) is 1. The number of rotatable bonds is 5. The Labute approximate surface area is 172 Å². The highest BCUT2D eigenvalue weighted by molar-refractivity contribution is 9.10. The van der Waals surface area contributed by atoms with E-state index < -0.39 is 0 Å². The lowest BCUT2D eigenvalue weighted by atomic mass is 9.97. The van der Waals surface area contributed by atoms with E-state index in [2.05, 4.69) is 26.2 Å². The van der Waals surface area contributed by atoms with Gasteiger partial charge in [0.05, 0.1) is 16.7 Å². The van der Waals surface area contributed by atoms with E-state index in [1.165, 1.54) is 43.9 Å². The molecule has 1 N–H and O–H groups in total. The molecule has 0 radical (unpaired) electrons. The molecule has 0 atom stereocenters. The van der Waals surface area contributed by atoms with Gasteiger partial charge >= 0.3 is 0 Å². The monoisotopic (exact) mass is 451 g/mol. The number of aromatic nitrogens is 2. The first-order valence-electron chi connectivity index (χ1n) is 9.70. The first kappa shape index (κ1) is 20.4. The van der Waals surface area contributed by atoms with Crippen molar-refractivity contribution in [2.24, 2.45) is 0 Å². The number of benzene rings is 1. The van der Waals surface area contributed by atoms with Crippen molar-refractivity contribution in [3.05, 3.63) is 33.0 Å². The van der Waals surface area contributed by atoms with Crippen LogP contribution in [-0.4, -0.2) is 27.3 Å². The molecule has 27 heavy (non-hydrogen) atoms. The van der Waals surface area contributed by atoms with Crippen LogP contribution in [0.15, 0.2) is 32.6 Å². The molecule has 1 aliphatic rings. The molecule has 1 aromatic heterocycles. The van der Waals surface area contributed by atoms with Crippen molar-refractivity contribution >= 4 is 44.5 Å². The minimum absolute atomic E-state index is 0.0263. The van der Waals surface area contributed by atoms with Crippen molar-refractivity contribution < 1.29 is 4.79 Å². The van der Waals surface area contributed by atoms with Crippen LogP contribution in [-0.2, 0) is 11.3 Å². The summed E-state index contributed by atoms with van der Waals surface area (Å²) in [7, 11) is 0. The third-order valence-electron chi connectivity index (χ3n) is 5.00. The lowest BCUT2D eigenvalue weighted by Crippen LogP contribution is -2.36. The quantitative estimate of drug-likeness (QED) is 0.536. The van der Waals surface area contributed by atoms with Gasteiger partial charge in [-0.2, -0.15) is 0 Å². The highest BCUT2D eigenvalue weighted by atomic mass is 79.9. The van der Waals surface area contributed by atoms with Gasteiger partial charge in [0.2, 0.25) is 5.91 Å². The predicted octanol–water partition coefficient (Wildman–Crippen LogP) is 4.50. The van der Waals surface area contributed by atoms with Gasteiger partial charge in [-0.15, -0.1) is 0 Å². The van der Waals surface area contributed by atoms with Crippen LogP contribution in [0.4, 0.5) is 0 Å². The summed E-state index contributed by atoms with van der Waals surface area (Å²) in [5.74, 6) is 0.309. The topological polar surface area (TPSA) is 64.0 Å². The summed E-state index contributed by atoms with van der Waals surface area (Å²) in [5.41, 5.74) is 0.600. The second kappa shape index (κ2) is 9.73. The average molecular weight is 452 g/mol. The number of nitrogens with one attached hydrogen (secondary N) is 1. The molecule has 5 nitrogen and oxygen atoms in total. The molecular weight excluding hydrogens is 426 g/mol. The van der Waals surface area contributed by atoms with Crippen LogP contribution in [0.2, 0.25) is 0 Å². The van der Waals surface area contributed by atoms with Gasteiger partial charge in [0.15, 0.2) is 5.16 Å². The van der Waals surface area contributed by atoms with Crippen molar-refractivity contribution in [1.82, 2.24) is 14.9 Å². The van der Waals surface area contributed by atoms with Gasteiger partial charge in [-0.1, -0.05) is 59.8 Å². The van der Waals surface area contributed by atoms with E-state index in [0.717, 1.165) is 17.3 Å². The van der Waals surface area contributed by atoms with Gasteiger partial charge in [0, 0.05) is 17.1 Å². The Hall–Kier alpha value is -1.34. The normalized spacial score (nSPS) is 16.1. The number of carbonyl (C=O) groups is 1. The van der Waals surface area contributed by atoms with E-state index in [0.29, 0.717) is 22.6 Å². The van der Waals surface area contributed by atoms with Crippen molar-refractivity contribution in [3.8, 4) is 0 Å². The molecule has 1 aliphatic carbocycles. The molecule has 1 aromatic carbocycles. The molecular formula is C20H26BrN3O2S. The Kier molecular flexibility index (Phi) is 7.35. The van der Waals surface area contributed by atoms with Crippen LogP contribution >= 0.6 is 27.7 Å². The summed E-state index contributed by atoms with van der Waals surface area (Å²) in [6.07, 6.45) is 8.36. The number of nitrogens with zero attached hydrogens (tertiary/aromatic N) is 2. The standard InChI is InChI=1S/C20H26BrN3O2S/c1-2-24-19(26)16-12-14(21)10-11-17(16)23-20(24)27-13-18(25)22-15-8-6-4-3-5-7-9-15/h10-12,15H,2-9,13H2,1H3,(H,22,25). The lowest BCUT2D eigenvalue weighted by molar-refractivity contribution is -0.119. The van der Waals surface area contributed by atoms with Crippen molar-refractivity contribution in [3.63, 3.8) is 0 Å². The zero-order chi connectivity index (χ0) is 19.2. The van der Waals surface area contributed by atoms with Gasteiger partial charge in [0.25, 0.3) is 5.56 Å². The number of thioether (sulfide) groups is 1. The highest BCUT2D eigenvalue weighted by Crippen LogP contribution is 2.21. The molecule has 1 saturated carbocycles. The van der Waals surface area contributed by atoms with Crippen LogP contribution in [0.1, 0.15) is 51.9 Å². The SMILES string of the molecule is CCn1c(SCC(=O)NC2CCCCCCC2)nc2ccc(Br)cc2c1=O. The Morgan fingerprint density at radius 2 is 1.96 bits per heavy atom. The molecule has 3 rings (SSSR count). The summed E-state index contributed by atoms with van der Waals surface area (Å²) >= 11 is 4.74. The number of carbonyl (C=O) groups excluding carboxylic acids is 1. The molecule has 0 aliphatic heterocycles. The van der Waals surface area contributed by atoms with Crippen molar-refractivity contribution in [2.45, 2.75) is 69.6 Å².